The second kappa shape index (κ2) is 11.4. The summed E-state index contributed by atoms with van der Waals surface area (Å²) >= 11 is 0.984. The molecular weight excluding hydrogens is 516 g/mol. The second-order valence-electron chi connectivity index (χ2n) is 9.53. The summed E-state index contributed by atoms with van der Waals surface area (Å²) in [6, 6.07) is 11.8. The molecule has 0 spiro atoms. The normalized spacial score (nSPS) is 16.7. The topological polar surface area (TPSA) is 106 Å². The van der Waals surface area contributed by atoms with Crippen LogP contribution in [0.1, 0.15) is 77.3 Å². The molecule has 1 fully saturated rings. The molecule has 204 valence electrons. The van der Waals surface area contributed by atoms with E-state index in [1.54, 1.807) is 39.0 Å². The van der Waals surface area contributed by atoms with Gasteiger partial charge in [0.15, 0.2) is 5.13 Å². The van der Waals surface area contributed by atoms with Gasteiger partial charge in [-0.3, -0.25) is 14.5 Å². The lowest BCUT2D eigenvalue weighted by Crippen LogP contribution is -2.29. The number of Topliss-reactive ketones (excluding diaryl/α,β-unsaturated/α-hetero) is 1. The first-order chi connectivity index (χ1) is 18.6. The number of esters is 1. The Morgan fingerprint density at radius 1 is 1.08 bits per heavy atom. The van der Waals surface area contributed by atoms with Crippen molar-refractivity contribution in [3.8, 4) is 5.75 Å². The van der Waals surface area contributed by atoms with E-state index in [1.807, 2.05) is 31.2 Å². The highest BCUT2D eigenvalue weighted by atomic mass is 32.1. The molecule has 0 saturated carbocycles. The smallest absolute Gasteiger partial charge is 0.350 e. The Kier molecular flexibility index (Phi) is 8.20. The monoisotopic (exact) mass is 548 g/mol. The first-order valence-electron chi connectivity index (χ1n) is 12.9. The molecular formula is C30H32N2O6S. The average molecular weight is 549 g/mol. The van der Waals surface area contributed by atoms with Crippen LogP contribution in [-0.2, 0) is 14.3 Å². The van der Waals surface area contributed by atoms with E-state index in [0.717, 1.165) is 16.9 Å². The molecule has 9 heteroatoms. The van der Waals surface area contributed by atoms with Gasteiger partial charge in [-0.25, -0.2) is 9.78 Å². The van der Waals surface area contributed by atoms with Crippen LogP contribution in [0, 0.1) is 13.8 Å². The number of anilines is 1. The molecule has 1 aliphatic rings. The van der Waals surface area contributed by atoms with Gasteiger partial charge in [-0.2, -0.15) is 0 Å². The molecule has 0 bridgehead atoms. The van der Waals surface area contributed by atoms with Crippen molar-refractivity contribution in [3.63, 3.8) is 0 Å². The number of nitrogens with zero attached hydrogens (tertiary/aromatic N) is 2. The molecule has 1 amide bonds. The number of rotatable bonds is 8. The fourth-order valence-electron chi connectivity index (χ4n) is 4.58. The zero-order valence-corrected chi connectivity index (χ0v) is 23.7. The maximum atomic E-state index is 13.5. The Hall–Kier alpha value is -3.98. The Morgan fingerprint density at radius 2 is 1.77 bits per heavy atom. The maximum absolute atomic E-state index is 13.5. The highest BCUT2D eigenvalue weighted by Gasteiger charge is 2.48. The summed E-state index contributed by atoms with van der Waals surface area (Å²) in [5, 5.41) is 11.7. The minimum absolute atomic E-state index is 0.0462. The van der Waals surface area contributed by atoms with E-state index >= 15 is 0 Å². The number of thiazole rings is 1. The number of hydrogen-bond donors (Lipinski definition) is 1. The van der Waals surface area contributed by atoms with Crippen LogP contribution in [0.2, 0.25) is 0 Å². The van der Waals surface area contributed by atoms with Gasteiger partial charge in [0.2, 0.25) is 0 Å². The lowest BCUT2D eigenvalue weighted by Gasteiger charge is -2.23. The van der Waals surface area contributed by atoms with Gasteiger partial charge < -0.3 is 14.6 Å². The Balaban J connectivity index is 1.91. The van der Waals surface area contributed by atoms with Gasteiger partial charge in [0.25, 0.3) is 5.78 Å². The summed E-state index contributed by atoms with van der Waals surface area (Å²) in [6.45, 7) is 11.9. The first kappa shape index (κ1) is 28.0. The molecule has 1 N–H and O–H groups in total. The number of aromatic nitrogens is 1. The van der Waals surface area contributed by atoms with Crippen LogP contribution in [0.25, 0.3) is 5.76 Å². The van der Waals surface area contributed by atoms with Crippen LogP contribution < -0.4 is 9.64 Å². The van der Waals surface area contributed by atoms with Crippen molar-refractivity contribution in [2.75, 3.05) is 18.1 Å². The van der Waals surface area contributed by atoms with Crippen LogP contribution in [0.4, 0.5) is 5.13 Å². The maximum Gasteiger partial charge on any atom is 0.350 e. The molecule has 4 rings (SSSR count). The number of ketones is 1. The predicted octanol–water partition coefficient (Wildman–Crippen LogP) is 6.09. The van der Waals surface area contributed by atoms with E-state index in [4.69, 9.17) is 9.47 Å². The molecule has 1 aliphatic heterocycles. The number of amides is 1. The first-order valence-corrected chi connectivity index (χ1v) is 13.7. The zero-order valence-electron chi connectivity index (χ0n) is 22.9. The van der Waals surface area contributed by atoms with Gasteiger partial charge in [0, 0.05) is 5.56 Å². The van der Waals surface area contributed by atoms with Gasteiger partial charge in [-0.05, 0) is 68.5 Å². The molecule has 3 aromatic rings. The number of carbonyl (C=O) groups is 3. The number of ether oxygens (including phenoxy) is 2. The molecule has 8 nitrogen and oxygen atoms in total. The van der Waals surface area contributed by atoms with Crippen molar-refractivity contribution in [3.05, 3.63) is 80.9 Å². The predicted molar refractivity (Wildman–Crippen MR) is 150 cm³/mol. The van der Waals surface area contributed by atoms with E-state index in [0.29, 0.717) is 34.7 Å². The lowest BCUT2D eigenvalue weighted by molar-refractivity contribution is -0.132. The fraction of sp³-hybridized carbons (Fsp3) is 0.333. The van der Waals surface area contributed by atoms with Crippen molar-refractivity contribution in [2.45, 2.75) is 53.5 Å². The van der Waals surface area contributed by atoms with Crippen molar-refractivity contribution in [1.29, 1.82) is 0 Å². The number of aryl methyl sites for hydroxylation is 2. The lowest BCUT2D eigenvalue weighted by atomic mass is 9.92. The number of aliphatic hydroxyl groups is 1. The van der Waals surface area contributed by atoms with Crippen molar-refractivity contribution in [1.82, 2.24) is 4.98 Å². The van der Waals surface area contributed by atoms with Crippen LogP contribution in [0.15, 0.2) is 48.0 Å². The Morgan fingerprint density at radius 3 is 2.36 bits per heavy atom. The van der Waals surface area contributed by atoms with Crippen molar-refractivity contribution in [2.24, 2.45) is 0 Å². The molecule has 39 heavy (non-hydrogen) atoms. The largest absolute Gasteiger partial charge is 0.507 e. The third kappa shape index (κ3) is 5.31. The Labute approximate surface area is 231 Å². The summed E-state index contributed by atoms with van der Waals surface area (Å²) in [6.07, 6.45) is 0. The molecule has 0 radical (unpaired) electrons. The van der Waals surface area contributed by atoms with Gasteiger partial charge in [0.05, 0.1) is 30.5 Å². The van der Waals surface area contributed by atoms with Gasteiger partial charge in [-0.1, -0.05) is 49.4 Å². The standard InChI is InChI=1S/C30H32N2O6S/c1-7-37-21-13-14-22(17(5)15-21)25(33)23-24(20-11-9-19(10-12-20)16(3)4)32(28(35)26(23)34)30-31-18(6)27(39-30)29(36)38-8-2/h9-16,24,33H,7-8H2,1-6H3/t24-/m0/s1. The van der Waals surface area contributed by atoms with Gasteiger partial charge in [-0.15, -0.1) is 0 Å². The van der Waals surface area contributed by atoms with E-state index < -0.39 is 23.7 Å². The van der Waals surface area contributed by atoms with E-state index in [2.05, 4.69) is 18.8 Å². The van der Waals surface area contributed by atoms with E-state index in [1.165, 1.54) is 4.90 Å². The molecule has 1 saturated heterocycles. The summed E-state index contributed by atoms with van der Waals surface area (Å²) in [5.74, 6) is -1.57. The molecule has 1 atom stereocenters. The third-order valence-electron chi connectivity index (χ3n) is 6.58. The third-order valence-corrected chi connectivity index (χ3v) is 7.72. The van der Waals surface area contributed by atoms with Crippen molar-refractivity contribution >= 4 is 39.9 Å². The van der Waals surface area contributed by atoms with E-state index in [9.17, 15) is 19.5 Å². The molecule has 1 aromatic heterocycles. The van der Waals surface area contributed by atoms with Crippen LogP contribution in [-0.4, -0.2) is 41.0 Å². The number of benzene rings is 2. The summed E-state index contributed by atoms with van der Waals surface area (Å²) in [5.41, 5.74) is 3.18. The second-order valence-corrected chi connectivity index (χ2v) is 10.5. The zero-order chi connectivity index (χ0) is 28.4. The van der Waals surface area contributed by atoms with Gasteiger partial charge in [0.1, 0.15) is 16.4 Å². The minimum atomic E-state index is -0.947. The molecule has 2 aromatic carbocycles. The van der Waals surface area contributed by atoms with E-state index in [-0.39, 0.29) is 33.9 Å². The minimum Gasteiger partial charge on any atom is -0.507 e. The number of hydrogen-bond acceptors (Lipinski definition) is 8. The molecule has 0 aliphatic carbocycles. The summed E-state index contributed by atoms with van der Waals surface area (Å²) in [4.78, 5) is 45.5. The number of aliphatic hydroxyl groups excluding tert-OH is 1. The SMILES string of the molecule is CCOC(=O)c1sc(N2C(=O)C(=O)C(=C(O)c3ccc(OCC)cc3C)[C@@H]2c2ccc(C(C)C)cc2)nc1C. The van der Waals surface area contributed by atoms with Gasteiger partial charge >= 0.3 is 11.9 Å². The molecule has 2 heterocycles. The fourth-order valence-corrected chi connectivity index (χ4v) is 5.57. The average Bonchev–Trinajstić information content (AvgIpc) is 3.41. The highest BCUT2D eigenvalue weighted by Crippen LogP contribution is 2.44. The van der Waals surface area contributed by atoms with Crippen LogP contribution in [0.3, 0.4) is 0 Å². The quantitative estimate of drug-likeness (QED) is 0.157. The molecule has 0 unspecified atom stereocenters. The summed E-state index contributed by atoms with van der Waals surface area (Å²) in [7, 11) is 0. The van der Waals surface area contributed by atoms with Crippen molar-refractivity contribution < 1.29 is 29.0 Å². The summed E-state index contributed by atoms with van der Waals surface area (Å²) < 4.78 is 10.7. The highest BCUT2D eigenvalue weighted by molar-refractivity contribution is 7.17. The Bertz CT molecular complexity index is 1450. The van der Waals surface area contributed by atoms with Crippen LogP contribution in [0.5, 0.6) is 5.75 Å². The number of carbonyl (C=O) groups excluding carboxylic acids is 3. The van der Waals surface area contributed by atoms with Crippen LogP contribution >= 0.6 is 11.3 Å².